The van der Waals surface area contributed by atoms with Gasteiger partial charge in [-0.2, -0.15) is 0 Å². The molecule has 1 aromatic rings. The van der Waals surface area contributed by atoms with E-state index in [0.717, 1.165) is 43.7 Å². The lowest BCUT2D eigenvalue weighted by Gasteiger charge is -2.16. The highest BCUT2D eigenvalue weighted by Gasteiger charge is 1.99. The molecule has 0 bridgehead atoms. The number of hydrogen-bond donors (Lipinski definition) is 2. The van der Waals surface area contributed by atoms with E-state index >= 15 is 0 Å². The maximum Gasteiger partial charge on any atom is 0.119 e. The van der Waals surface area contributed by atoms with Gasteiger partial charge in [0, 0.05) is 18.7 Å². The van der Waals surface area contributed by atoms with E-state index in [1.165, 1.54) is 0 Å². The summed E-state index contributed by atoms with van der Waals surface area (Å²) in [4.78, 5) is 2.25. The molecule has 0 fully saturated rings. The first-order valence-corrected chi connectivity index (χ1v) is 7.47. The van der Waals surface area contributed by atoms with Crippen LogP contribution in [0.15, 0.2) is 24.3 Å². The smallest absolute Gasteiger partial charge is 0.119 e. The Hall–Kier alpha value is -1.54. The van der Waals surface area contributed by atoms with Crippen molar-refractivity contribution in [2.75, 3.05) is 39.9 Å². The van der Waals surface area contributed by atoms with Crippen LogP contribution >= 0.6 is 0 Å². The van der Waals surface area contributed by atoms with Crippen LogP contribution in [0.1, 0.15) is 24.8 Å². The van der Waals surface area contributed by atoms with E-state index in [1.807, 2.05) is 24.3 Å². The molecular formula is C17H26N2O2. The summed E-state index contributed by atoms with van der Waals surface area (Å²) in [5, 5.41) is 8.72. The Labute approximate surface area is 127 Å². The van der Waals surface area contributed by atoms with E-state index < -0.39 is 0 Å². The lowest BCUT2D eigenvalue weighted by molar-refractivity contribution is 0.230. The van der Waals surface area contributed by atoms with E-state index in [0.29, 0.717) is 19.8 Å². The van der Waals surface area contributed by atoms with Crippen LogP contribution in [0, 0.1) is 11.8 Å². The number of likely N-dealkylation sites (N-methyl/N-ethyl adjacent to an activating group) is 1. The first-order valence-electron chi connectivity index (χ1n) is 7.47. The van der Waals surface area contributed by atoms with Crippen molar-refractivity contribution in [2.45, 2.75) is 19.3 Å². The van der Waals surface area contributed by atoms with E-state index in [1.54, 1.807) is 0 Å². The Bertz CT molecular complexity index is 434. The molecular weight excluding hydrogens is 264 g/mol. The molecule has 0 aliphatic rings. The lowest BCUT2D eigenvalue weighted by atomic mass is 10.2. The number of ether oxygens (including phenoxy) is 1. The highest BCUT2D eigenvalue weighted by atomic mass is 16.5. The number of hydrogen-bond acceptors (Lipinski definition) is 4. The van der Waals surface area contributed by atoms with Crippen molar-refractivity contribution in [3.63, 3.8) is 0 Å². The molecule has 1 rings (SSSR count). The lowest BCUT2D eigenvalue weighted by Crippen LogP contribution is -2.25. The summed E-state index contributed by atoms with van der Waals surface area (Å²) in [6.07, 6.45) is 3.09. The first kappa shape index (κ1) is 17.5. The number of unbranched alkanes of at least 4 members (excludes halogenated alkanes) is 2. The second kappa shape index (κ2) is 11.2. The average Bonchev–Trinajstić information content (AvgIpc) is 2.51. The van der Waals surface area contributed by atoms with Gasteiger partial charge in [0.15, 0.2) is 0 Å². The summed E-state index contributed by atoms with van der Waals surface area (Å²) in [7, 11) is 2.09. The second-order valence-corrected chi connectivity index (χ2v) is 4.97. The van der Waals surface area contributed by atoms with Crippen LogP contribution in [-0.2, 0) is 0 Å². The standard InChI is InChI=1S/C17H26N2O2/c1-19(12-3-2-4-14-20)13-15-21-17-9-7-16(8-10-17)6-5-11-18/h7-10,20H,2-4,11-15,18H2,1H3. The van der Waals surface area contributed by atoms with Crippen molar-refractivity contribution >= 4 is 0 Å². The predicted octanol–water partition coefficient (Wildman–Crippen LogP) is 1.47. The Kier molecular flexibility index (Phi) is 9.30. The summed E-state index contributed by atoms with van der Waals surface area (Å²) in [6.45, 7) is 3.27. The van der Waals surface area contributed by atoms with E-state index in [9.17, 15) is 0 Å². The van der Waals surface area contributed by atoms with Gasteiger partial charge in [0.1, 0.15) is 12.4 Å². The third-order valence-corrected chi connectivity index (χ3v) is 3.13. The van der Waals surface area contributed by atoms with E-state index in [2.05, 4.69) is 23.8 Å². The van der Waals surface area contributed by atoms with Crippen molar-refractivity contribution in [3.8, 4) is 17.6 Å². The molecule has 0 aliphatic heterocycles. The quantitative estimate of drug-likeness (QED) is 0.534. The van der Waals surface area contributed by atoms with Crippen molar-refractivity contribution in [3.05, 3.63) is 29.8 Å². The SMILES string of the molecule is CN(CCCCCO)CCOc1ccc(C#CCN)cc1. The largest absolute Gasteiger partial charge is 0.492 e. The van der Waals surface area contributed by atoms with Gasteiger partial charge in [0.2, 0.25) is 0 Å². The Morgan fingerprint density at radius 1 is 1.14 bits per heavy atom. The molecule has 21 heavy (non-hydrogen) atoms. The summed E-state index contributed by atoms with van der Waals surface area (Å²) >= 11 is 0. The van der Waals surface area contributed by atoms with Gasteiger partial charge in [-0.1, -0.05) is 11.8 Å². The molecule has 4 heteroatoms. The van der Waals surface area contributed by atoms with Gasteiger partial charge >= 0.3 is 0 Å². The topological polar surface area (TPSA) is 58.7 Å². The second-order valence-electron chi connectivity index (χ2n) is 4.97. The number of nitrogens with zero attached hydrogens (tertiary/aromatic N) is 1. The summed E-state index contributed by atoms with van der Waals surface area (Å²) in [5.41, 5.74) is 6.29. The molecule has 0 saturated carbocycles. The molecule has 0 saturated heterocycles. The van der Waals surface area contributed by atoms with Gasteiger partial charge in [0.05, 0.1) is 6.54 Å². The van der Waals surface area contributed by atoms with E-state index in [-0.39, 0.29) is 0 Å². The predicted molar refractivity (Wildman–Crippen MR) is 86.3 cm³/mol. The van der Waals surface area contributed by atoms with Crippen molar-refractivity contribution in [1.29, 1.82) is 0 Å². The summed E-state index contributed by atoms with van der Waals surface area (Å²) < 4.78 is 5.71. The highest BCUT2D eigenvalue weighted by molar-refractivity contribution is 5.38. The minimum absolute atomic E-state index is 0.290. The van der Waals surface area contributed by atoms with Crippen LogP contribution in [-0.4, -0.2) is 49.9 Å². The molecule has 0 aromatic heterocycles. The summed E-state index contributed by atoms with van der Waals surface area (Å²) in [5.74, 6) is 6.67. The maximum absolute atomic E-state index is 8.72. The van der Waals surface area contributed by atoms with Crippen LogP contribution in [0.2, 0.25) is 0 Å². The zero-order valence-electron chi connectivity index (χ0n) is 12.8. The molecule has 1 aromatic carbocycles. The fourth-order valence-electron chi connectivity index (χ4n) is 1.89. The third-order valence-electron chi connectivity index (χ3n) is 3.13. The van der Waals surface area contributed by atoms with Gasteiger partial charge in [-0.25, -0.2) is 0 Å². The molecule has 3 N–H and O–H groups in total. The van der Waals surface area contributed by atoms with Gasteiger partial charge in [-0.3, -0.25) is 0 Å². The fourth-order valence-corrected chi connectivity index (χ4v) is 1.89. The number of benzene rings is 1. The molecule has 0 amide bonds. The zero-order chi connectivity index (χ0) is 15.3. The number of aliphatic hydroxyl groups excluding tert-OH is 1. The molecule has 0 aliphatic carbocycles. The summed E-state index contributed by atoms with van der Waals surface area (Å²) in [6, 6.07) is 7.75. The Morgan fingerprint density at radius 2 is 1.90 bits per heavy atom. The van der Waals surface area contributed by atoms with Crippen LogP contribution in [0.5, 0.6) is 5.75 Å². The van der Waals surface area contributed by atoms with Crippen LogP contribution in [0.25, 0.3) is 0 Å². The Morgan fingerprint density at radius 3 is 2.57 bits per heavy atom. The van der Waals surface area contributed by atoms with Crippen molar-refractivity contribution < 1.29 is 9.84 Å². The third kappa shape index (κ3) is 8.36. The molecule has 0 atom stereocenters. The molecule has 4 nitrogen and oxygen atoms in total. The molecule has 0 heterocycles. The number of nitrogens with two attached hydrogens (primary N) is 1. The minimum Gasteiger partial charge on any atom is -0.492 e. The normalized spacial score (nSPS) is 10.3. The van der Waals surface area contributed by atoms with Crippen LogP contribution in [0.3, 0.4) is 0 Å². The first-order chi connectivity index (χ1) is 10.3. The van der Waals surface area contributed by atoms with Crippen molar-refractivity contribution in [2.24, 2.45) is 5.73 Å². The fraction of sp³-hybridized carbons (Fsp3) is 0.529. The number of rotatable bonds is 9. The van der Waals surface area contributed by atoms with E-state index in [4.69, 9.17) is 15.6 Å². The average molecular weight is 290 g/mol. The van der Waals surface area contributed by atoms with Crippen LogP contribution < -0.4 is 10.5 Å². The number of aliphatic hydroxyl groups is 1. The van der Waals surface area contributed by atoms with Gasteiger partial charge in [-0.05, 0) is 57.1 Å². The highest BCUT2D eigenvalue weighted by Crippen LogP contribution is 2.11. The van der Waals surface area contributed by atoms with Crippen molar-refractivity contribution in [1.82, 2.24) is 4.90 Å². The molecule has 116 valence electrons. The van der Waals surface area contributed by atoms with Gasteiger partial charge in [-0.15, -0.1) is 0 Å². The zero-order valence-corrected chi connectivity index (χ0v) is 12.8. The maximum atomic E-state index is 8.72. The molecule has 0 spiro atoms. The monoisotopic (exact) mass is 290 g/mol. The Balaban J connectivity index is 2.20. The molecule has 0 radical (unpaired) electrons. The van der Waals surface area contributed by atoms with Gasteiger partial charge < -0.3 is 20.5 Å². The van der Waals surface area contributed by atoms with Gasteiger partial charge in [0.25, 0.3) is 0 Å². The minimum atomic E-state index is 0.290. The molecule has 0 unspecified atom stereocenters. The van der Waals surface area contributed by atoms with Crippen LogP contribution in [0.4, 0.5) is 0 Å².